The van der Waals surface area contributed by atoms with E-state index in [1.807, 2.05) is 26.0 Å². The molecule has 1 fully saturated rings. The van der Waals surface area contributed by atoms with Gasteiger partial charge in [-0.2, -0.15) is 0 Å². The van der Waals surface area contributed by atoms with Crippen molar-refractivity contribution >= 4 is 85.5 Å². The molecule has 4 N–H and O–H groups in total. The van der Waals surface area contributed by atoms with E-state index in [-0.39, 0.29) is 44.8 Å². The Balaban J connectivity index is 0.000000189. The van der Waals surface area contributed by atoms with Crippen molar-refractivity contribution in [3.8, 4) is 11.5 Å². The second-order valence-corrected chi connectivity index (χ2v) is 13.7. The Kier molecular flexibility index (Phi) is 12.1. The van der Waals surface area contributed by atoms with Crippen LogP contribution in [-0.4, -0.2) is 52.6 Å². The Labute approximate surface area is 324 Å². The number of carbonyl (C=O) groups excluding carboxylic acids is 1. The molecule has 0 spiro atoms. The van der Waals surface area contributed by atoms with Crippen LogP contribution in [0.3, 0.4) is 0 Å². The topological polar surface area (TPSA) is 135 Å². The van der Waals surface area contributed by atoms with Gasteiger partial charge >= 0.3 is 0 Å². The molecule has 0 aliphatic carbocycles. The summed E-state index contributed by atoms with van der Waals surface area (Å²) in [6, 6.07) is 16.3. The maximum atomic E-state index is 14.4. The van der Waals surface area contributed by atoms with E-state index in [0.29, 0.717) is 51.5 Å². The van der Waals surface area contributed by atoms with Crippen molar-refractivity contribution in [2.75, 3.05) is 31.4 Å². The number of anilines is 4. The van der Waals surface area contributed by atoms with E-state index >= 15 is 0 Å². The van der Waals surface area contributed by atoms with Crippen LogP contribution in [0.25, 0.3) is 21.8 Å². The van der Waals surface area contributed by atoms with Gasteiger partial charge in [0.05, 0.1) is 58.1 Å². The molecule has 54 heavy (non-hydrogen) atoms. The third-order valence-corrected chi connectivity index (χ3v) is 9.60. The van der Waals surface area contributed by atoms with Crippen LogP contribution in [-0.2, 0) is 4.79 Å². The van der Waals surface area contributed by atoms with Gasteiger partial charge in [0.25, 0.3) is 0 Å². The van der Waals surface area contributed by atoms with Crippen LogP contribution in [0.1, 0.15) is 42.8 Å². The Morgan fingerprint density at radius 1 is 0.778 bits per heavy atom. The lowest BCUT2D eigenvalue weighted by Gasteiger charge is -2.21. The fourth-order valence-electron chi connectivity index (χ4n) is 6.00. The van der Waals surface area contributed by atoms with E-state index in [1.54, 1.807) is 50.6 Å². The van der Waals surface area contributed by atoms with Crippen LogP contribution in [0, 0.1) is 11.6 Å². The zero-order chi connectivity index (χ0) is 38.5. The molecule has 11 nitrogen and oxygen atoms in total. The predicted octanol–water partition coefficient (Wildman–Crippen LogP) is 9.19. The number of methoxy groups -OCH3 is 2. The lowest BCUT2D eigenvalue weighted by Crippen LogP contribution is -2.37. The number of fused-ring (bicyclic) bond motifs is 2. The van der Waals surface area contributed by atoms with Crippen molar-refractivity contribution < 1.29 is 23.0 Å². The number of alkyl halides is 1. The number of hydrogen-bond donors (Lipinski definition) is 4. The zero-order valence-electron chi connectivity index (χ0n) is 29.5. The van der Waals surface area contributed by atoms with E-state index < -0.39 is 11.6 Å². The maximum absolute atomic E-state index is 14.4. The molecule has 280 valence electrons. The number of hydrogen-bond acceptors (Lipinski definition) is 10. The van der Waals surface area contributed by atoms with Crippen molar-refractivity contribution in [2.24, 2.45) is 0 Å². The summed E-state index contributed by atoms with van der Waals surface area (Å²) in [6.07, 6.45) is 3.52. The van der Waals surface area contributed by atoms with Crippen LogP contribution in [0.15, 0.2) is 73.3 Å². The number of benzene rings is 4. The highest BCUT2D eigenvalue weighted by molar-refractivity contribution is 6.31. The first-order chi connectivity index (χ1) is 26.0. The number of nitrogens with one attached hydrogen (secondary N) is 4. The van der Waals surface area contributed by atoms with E-state index in [9.17, 15) is 13.6 Å². The Morgan fingerprint density at radius 3 is 1.74 bits per heavy atom. The number of nitrogens with zero attached hydrogens (tertiary/aromatic N) is 4. The number of amides is 1. The number of rotatable bonds is 10. The minimum Gasteiger partial charge on any atom is -0.496 e. The minimum absolute atomic E-state index is 0.0104. The van der Waals surface area contributed by atoms with Crippen molar-refractivity contribution in [3.63, 3.8) is 0 Å². The SMILES string of the molecule is COc1cc2ncnc(Nc3cccc(Cl)c3F)c2cc1C(C)Cl.COc1cc2ncnc(Nc3cccc(Cl)c3F)c2cc1C(C)N[C@H]1CCNC1=O. The molecular formula is C38H35Cl3F2N8O3. The average molecular weight is 796 g/mol. The lowest BCUT2D eigenvalue weighted by molar-refractivity contribution is -0.121. The summed E-state index contributed by atoms with van der Waals surface area (Å²) in [5, 5.41) is 13.3. The van der Waals surface area contributed by atoms with Crippen molar-refractivity contribution in [2.45, 2.75) is 37.7 Å². The third-order valence-electron chi connectivity index (χ3n) is 8.78. The molecule has 0 bridgehead atoms. The molecule has 7 rings (SSSR count). The highest BCUT2D eigenvalue weighted by atomic mass is 35.5. The van der Waals surface area contributed by atoms with Gasteiger partial charge in [0.2, 0.25) is 5.91 Å². The van der Waals surface area contributed by atoms with Gasteiger partial charge in [-0.05, 0) is 56.7 Å². The van der Waals surface area contributed by atoms with Gasteiger partial charge in [-0.3, -0.25) is 10.1 Å². The molecule has 1 saturated heterocycles. The van der Waals surface area contributed by atoms with Crippen LogP contribution < -0.4 is 30.7 Å². The number of ether oxygens (including phenoxy) is 2. The van der Waals surface area contributed by atoms with E-state index in [1.165, 1.54) is 24.8 Å². The maximum Gasteiger partial charge on any atom is 0.237 e. The van der Waals surface area contributed by atoms with Crippen LogP contribution >= 0.6 is 34.8 Å². The largest absolute Gasteiger partial charge is 0.496 e. The molecule has 6 aromatic rings. The summed E-state index contributed by atoms with van der Waals surface area (Å²) in [4.78, 5) is 29.0. The number of halogens is 5. The van der Waals surface area contributed by atoms with Crippen LogP contribution in [0.5, 0.6) is 11.5 Å². The Hall–Kier alpha value is -5.08. The summed E-state index contributed by atoms with van der Waals surface area (Å²) in [7, 11) is 3.16. The second-order valence-electron chi connectivity index (χ2n) is 12.3. The summed E-state index contributed by atoms with van der Waals surface area (Å²) < 4.78 is 39.4. The first kappa shape index (κ1) is 38.6. The Morgan fingerprint density at radius 2 is 1.28 bits per heavy atom. The second kappa shape index (κ2) is 16.9. The molecule has 1 aliphatic rings. The van der Waals surface area contributed by atoms with E-state index in [2.05, 4.69) is 41.2 Å². The zero-order valence-corrected chi connectivity index (χ0v) is 31.7. The quantitative estimate of drug-likeness (QED) is 0.0995. The molecule has 2 unspecified atom stereocenters. The lowest BCUT2D eigenvalue weighted by atomic mass is 10.0. The van der Waals surface area contributed by atoms with E-state index in [0.717, 1.165) is 17.5 Å². The van der Waals surface area contributed by atoms with Gasteiger partial charge in [0.1, 0.15) is 35.8 Å². The van der Waals surface area contributed by atoms with Crippen LogP contribution in [0.4, 0.5) is 31.8 Å². The smallest absolute Gasteiger partial charge is 0.237 e. The molecule has 1 amide bonds. The average Bonchev–Trinajstić information content (AvgIpc) is 3.57. The molecule has 0 radical (unpaired) electrons. The third kappa shape index (κ3) is 8.34. The molecule has 4 aromatic carbocycles. The van der Waals surface area contributed by atoms with E-state index in [4.69, 9.17) is 44.3 Å². The molecule has 2 aromatic heterocycles. The Bertz CT molecular complexity index is 2340. The fraction of sp³-hybridized carbons (Fsp3) is 0.237. The van der Waals surface area contributed by atoms with Crippen LogP contribution in [0.2, 0.25) is 10.0 Å². The molecule has 0 saturated carbocycles. The van der Waals surface area contributed by atoms with Crippen molar-refractivity contribution in [1.82, 2.24) is 30.6 Å². The molecular weight excluding hydrogens is 761 g/mol. The summed E-state index contributed by atoms with van der Waals surface area (Å²) >= 11 is 17.9. The highest BCUT2D eigenvalue weighted by Gasteiger charge is 2.27. The predicted molar refractivity (Wildman–Crippen MR) is 209 cm³/mol. The normalized spacial score (nSPS) is 14.9. The summed E-state index contributed by atoms with van der Waals surface area (Å²) in [6.45, 7) is 4.47. The van der Waals surface area contributed by atoms with Crippen molar-refractivity contribution in [1.29, 1.82) is 0 Å². The standard InChI is InChI=1S/C21H21ClFN5O2.C17H14Cl2FN3O/c1-11(27-16-6-7-24-21(16)29)12-8-13-17(9-18(12)30-2)25-10-26-20(13)28-15-5-3-4-14(22)19(15)23;1-9(18)10-6-11-14(7-15(10)24-2)21-8-22-17(11)23-13-5-3-4-12(19)16(13)20/h3-5,8-11,16,27H,6-7H2,1-2H3,(H,24,29)(H,25,26,28);3-9H,1-2H3,(H,21,22,23)/t11?,16-;/m0./s1. The summed E-state index contributed by atoms with van der Waals surface area (Å²) in [5.74, 6) is 1.08. The van der Waals surface area contributed by atoms with Gasteiger partial charge < -0.3 is 25.4 Å². The highest BCUT2D eigenvalue weighted by Crippen LogP contribution is 2.37. The van der Waals surface area contributed by atoms with Gasteiger partial charge in [-0.1, -0.05) is 35.3 Å². The monoisotopic (exact) mass is 794 g/mol. The molecule has 1 aliphatic heterocycles. The van der Waals surface area contributed by atoms with Gasteiger partial charge in [0, 0.05) is 46.6 Å². The minimum atomic E-state index is -0.554. The first-order valence-electron chi connectivity index (χ1n) is 16.7. The fourth-order valence-corrected chi connectivity index (χ4v) is 6.52. The molecule has 16 heteroatoms. The number of aromatic nitrogens is 4. The molecule has 3 heterocycles. The molecule has 3 atom stereocenters. The van der Waals surface area contributed by atoms with Crippen molar-refractivity contribution in [3.05, 3.63) is 106 Å². The number of carbonyl (C=O) groups is 1. The first-order valence-corrected chi connectivity index (χ1v) is 17.9. The van der Waals surface area contributed by atoms with Gasteiger partial charge in [0.15, 0.2) is 11.6 Å². The van der Waals surface area contributed by atoms with Gasteiger partial charge in [-0.15, -0.1) is 11.6 Å². The summed E-state index contributed by atoms with van der Waals surface area (Å²) in [5.41, 5.74) is 3.40. The van der Waals surface area contributed by atoms with Gasteiger partial charge in [-0.25, -0.2) is 28.7 Å².